The summed E-state index contributed by atoms with van der Waals surface area (Å²) in [5.41, 5.74) is 2.08. The number of nitrogens with zero attached hydrogens (tertiary/aromatic N) is 3. The Labute approximate surface area is 111 Å². The summed E-state index contributed by atoms with van der Waals surface area (Å²) in [4.78, 5) is 11.4. The maximum Gasteiger partial charge on any atom is 0.341 e. The molecule has 0 bridgehead atoms. The number of carboxylic acids is 1. The van der Waals surface area contributed by atoms with E-state index in [0.717, 1.165) is 17.7 Å². The summed E-state index contributed by atoms with van der Waals surface area (Å²) in [5.74, 6) is -0.582. The predicted molar refractivity (Wildman–Crippen MR) is 69.0 cm³/mol. The molecule has 0 aliphatic heterocycles. The molecule has 0 saturated heterocycles. The van der Waals surface area contributed by atoms with E-state index in [2.05, 4.69) is 10.3 Å². The lowest BCUT2D eigenvalue weighted by Gasteiger charge is -1.98. The van der Waals surface area contributed by atoms with Crippen molar-refractivity contribution in [3.63, 3.8) is 0 Å². The standard InChI is InChI=1S/C13H17N3O3/c1-4-6-10-11(13(17)18)12(15-19-10)8-7-16(3)14-9(8)5-2/h7H,4-6H2,1-3H3,(H,17,18). The number of carbonyl (C=O) groups is 1. The molecular weight excluding hydrogens is 246 g/mol. The van der Waals surface area contributed by atoms with Crippen LogP contribution in [0.3, 0.4) is 0 Å². The summed E-state index contributed by atoms with van der Waals surface area (Å²) in [6.45, 7) is 3.94. The molecule has 0 radical (unpaired) electrons. The Hall–Kier alpha value is -2.11. The molecule has 0 aromatic carbocycles. The van der Waals surface area contributed by atoms with Crippen molar-refractivity contribution in [2.24, 2.45) is 7.05 Å². The molecule has 0 atom stereocenters. The Balaban J connectivity index is 2.58. The zero-order chi connectivity index (χ0) is 14.0. The van der Waals surface area contributed by atoms with Gasteiger partial charge in [0.2, 0.25) is 0 Å². The van der Waals surface area contributed by atoms with Crippen molar-refractivity contribution in [2.75, 3.05) is 0 Å². The normalized spacial score (nSPS) is 10.9. The van der Waals surface area contributed by atoms with E-state index in [1.165, 1.54) is 0 Å². The summed E-state index contributed by atoms with van der Waals surface area (Å²) in [7, 11) is 1.80. The molecule has 0 saturated carbocycles. The summed E-state index contributed by atoms with van der Waals surface area (Å²) >= 11 is 0. The number of hydrogen-bond acceptors (Lipinski definition) is 4. The summed E-state index contributed by atoms with van der Waals surface area (Å²) < 4.78 is 6.85. The Kier molecular flexibility index (Phi) is 3.69. The lowest BCUT2D eigenvalue weighted by atomic mass is 10.0. The molecule has 6 nitrogen and oxygen atoms in total. The zero-order valence-corrected chi connectivity index (χ0v) is 11.3. The molecule has 102 valence electrons. The Morgan fingerprint density at radius 3 is 2.79 bits per heavy atom. The van der Waals surface area contributed by atoms with Crippen LogP contribution in [0.5, 0.6) is 0 Å². The molecule has 6 heteroatoms. The Morgan fingerprint density at radius 2 is 2.21 bits per heavy atom. The maximum atomic E-state index is 11.4. The zero-order valence-electron chi connectivity index (χ0n) is 11.3. The summed E-state index contributed by atoms with van der Waals surface area (Å²) in [6, 6.07) is 0. The van der Waals surface area contributed by atoms with Crippen LogP contribution in [0, 0.1) is 0 Å². The average molecular weight is 263 g/mol. The molecule has 19 heavy (non-hydrogen) atoms. The molecule has 0 fully saturated rings. The lowest BCUT2D eigenvalue weighted by Crippen LogP contribution is -2.02. The van der Waals surface area contributed by atoms with Crippen LogP contribution < -0.4 is 0 Å². The number of rotatable bonds is 5. The Bertz CT molecular complexity index is 598. The molecule has 0 aliphatic rings. The van der Waals surface area contributed by atoms with Crippen molar-refractivity contribution in [3.8, 4) is 11.3 Å². The van der Waals surface area contributed by atoms with Crippen molar-refractivity contribution in [3.05, 3.63) is 23.2 Å². The first kappa shape index (κ1) is 13.3. The molecular formula is C13H17N3O3. The number of hydrogen-bond donors (Lipinski definition) is 1. The van der Waals surface area contributed by atoms with Gasteiger partial charge in [0.05, 0.1) is 5.69 Å². The SMILES string of the molecule is CCCc1onc(-c2cn(C)nc2CC)c1C(=O)O. The molecule has 2 rings (SSSR count). The van der Waals surface area contributed by atoms with Gasteiger partial charge < -0.3 is 9.63 Å². The van der Waals surface area contributed by atoms with Crippen LogP contribution in [-0.4, -0.2) is 26.0 Å². The van der Waals surface area contributed by atoms with Gasteiger partial charge >= 0.3 is 5.97 Å². The van der Waals surface area contributed by atoms with Crippen molar-refractivity contribution in [1.29, 1.82) is 0 Å². The van der Waals surface area contributed by atoms with Crippen LogP contribution in [0.2, 0.25) is 0 Å². The molecule has 2 aromatic rings. The van der Waals surface area contributed by atoms with Gasteiger partial charge in [-0.2, -0.15) is 5.10 Å². The van der Waals surface area contributed by atoms with E-state index in [1.807, 2.05) is 13.8 Å². The minimum atomic E-state index is -1.01. The number of aromatic carboxylic acids is 1. The van der Waals surface area contributed by atoms with Crippen molar-refractivity contribution < 1.29 is 14.4 Å². The minimum absolute atomic E-state index is 0.157. The summed E-state index contributed by atoms with van der Waals surface area (Å²) in [5, 5.41) is 17.6. The van der Waals surface area contributed by atoms with Crippen LogP contribution in [0.1, 0.15) is 42.1 Å². The van der Waals surface area contributed by atoms with Gasteiger partial charge in [-0.05, 0) is 12.8 Å². The van der Waals surface area contributed by atoms with E-state index in [0.29, 0.717) is 24.3 Å². The van der Waals surface area contributed by atoms with Gasteiger partial charge in [0.25, 0.3) is 0 Å². The van der Waals surface area contributed by atoms with Gasteiger partial charge in [0, 0.05) is 25.2 Å². The lowest BCUT2D eigenvalue weighted by molar-refractivity contribution is 0.0695. The van der Waals surface area contributed by atoms with Gasteiger partial charge in [0.15, 0.2) is 5.76 Å². The second kappa shape index (κ2) is 5.26. The van der Waals surface area contributed by atoms with Gasteiger partial charge in [-0.3, -0.25) is 4.68 Å². The molecule has 0 unspecified atom stereocenters. The minimum Gasteiger partial charge on any atom is -0.477 e. The van der Waals surface area contributed by atoms with Gasteiger partial charge in [0.1, 0.15) is 11.3 Å². The van der Waals surface area contributed by atoms with Crippen molar-refractivity contribution >= 4 is 5.97 Å². The maximum absolute atomic E-state index is 11.4. The smallest absolute Gasteiger partial charge is 0.341 e. The van der Waals surface area contributed by atoms with Crippen LogP contribution in [0.4, 0.5) is 0 Å². The molecule has 2 aromatic heterocycles. The highest BCUT2D eigenvalue weighted by molar-refractivity contribution is 5.96. The fourth-order valence-electron chi connectivity index (χ4n) is 2.12. The highest BCUT2D eigenvalue weighted by Gasteiger charge is 2.25. The molecule has 1 N–H and O–H groups in total. The number of carboxylic acid groups (broad SMARTS) is 1. The Morgan fingerprint density at radius 1 is 1.47 bits per heavy atom. The first-order valence-corrected chi connectivity index (χ1v) is 6.33. The predicted octanol–water partition coefficient (Wildman–Crippen LogP) is 2.29. The summed E-state index contributed by atoms with van der Waals surface area (Å²) in [6.07, 6.45) is 3.86. The van der Waals surface area contributed by atoms with E-state index in [9.17, 15) is 9.90 Å². The van der Waals surface area contributed by atoms with Crippen molar-refractivity contribution in [1.82, 2.24) is 14.9 Å². The fourth-order valence-corrected chi connectivity index (χ4v) is 2.12. The molecule has 2 heterocycles. The van der Waals surface area contributed by atoms with Crippen LogP contribution in [0.25, 0.3) is 11.3 Å². The van der Waals surface area contributed by atoms with Gasteiger partial charge in [-0.15, -0.1) is 0 Å². The number of aryl methyl sites for hydroxylation is 3. The second-order valence-electron chi connectivity index (χ2n) is 4.40. The van der Waals surface area contributed by atoms with Crippen LogP contribution in [-0.2, 0) is 19.9 Å². The van der Waals surface area contributed by atoms with E-state index in [4.69, 9.17) is 4.52 Å². The highest BCUT2D eigenvalue weighted by atomic mass is 16.5. The first-order chi connectivity index (χ1) is 9.08. The van der Waals surface area contributed by atoms with E-state index in [1.54, 1.807) is 17.9 Å². The third kappa shape index (κ3) is 2.38. The van der Waals surface area contributed by atoms with Gasteiger partial charge in [-0.1, -0.05) is 19.0 Å². The number of aromatic nitrogens is 3. The van der Waals surface area contributed by atoms with Crippen molar-refractivity contribution in [2.45, 2.75) is 33.1 Å². The third-order valence-corrected chi connectivity index (χ3v) is 2.95. The molecule has 0 spiro atoms. The largest absolute Gasteiger partial charge is 0.477 e. The molecule has 0 aliphatic carbocycles. The average Bonchev–Trinajstić information content (AvgIpc) is 2.92. The van der Waals surface area contributed by atoms with E-state index < -0.39 is 5.97 Å². The van der Waals surface area contributed by atoms with E-state index >= 15 is 0 Å². The molecule has 0 amide bonds. The third-order valence-electron chi connectivity index (χ3n) is 2.95. The van der Waals surface area contributed by atoms with E-state index in [-0.39, 0.29) is 5.56 Å². The first-order valence-electron chi connectivity index (χ1n) is 6.33. The second-order valence-corrected chi connectivity index (χ2v) is 4.40. The topological polar surface area (TPSA) is 81.2 Å². The van der Waals surface area contributed by atoms with Crippen LogP contribution >= 0.6 is 0 Å². The fraction of sp³-hybridized carbons (Fsp3) is 0.462. The van der Waals surface area contributed by atoms with Gasteiger partial charge in [-0.25, -0.2) is 4.79 Å². The quantitative estimate of drug-likeness (QED) is 0.895. The highest BCUT2D eigenvalue weighted by Crippen LogP contribution is 2.28. The van der Waals surface area contributed by atoms with Crippen LogP contribution in [0.15, 0.2) is 10.7 Å². The monoisotopic (exact) mass is 263 g/mol.